The van der Waals surface area contributed by atoms with Gasteiger partial charge < -0.3 is 10.1 Å². The van der Waals surface area contributed by atoms with Crippen molar-refractivity contribution in [3.05, 3.63) is 89.0 Å². The summed E-state index contributed by atoms with van der Waals surface area (Å²) in [6, 6.07) is 15.4. The summed E-state index contributed by atoms with van der Waals surface area (Å²) in [5.74, 6) is -0.922. The molecular formula is C21H16ClFN4O3. The molecule has 0 bridgehead atoms. The van der Waals surface area contributed by atoms with Gasteiger partial charge in [0.15, 0.2) is 6.61 Å². The number of amides is 2. The standard InChI is InChI=1S/C21H16ClFN4O3/c22-20-17(5-3-11-24-20)21(29)27-25-12-14-4-1-2-6-18(14)30-13-19(28)26-16-9-7-15(23)8-10-16/h1-12H,13H2,(H,26,28)(H,27,29). The highest BCUT2D eigenvalue weighted by Crippen LogP contribution is 2.16. The van der Waals surface area contributed by atoms with Crippen molar-refractivity contribution >= 4 is 35.3 Å². The van der Waals surface area contributed by atoms with E-state index >= 15 is 0 Å². The number of aromatic nitrogens is 1. The third kappa shape index (κ3) is 5.86. The molecule has 0 spiro atoms. The number of rotatable bonds is 7. The molecule has 0 radical (unpaired) electrons. The van der Waals surface area contributed by atoms with Gasteiger partial charge in [-0.3, -0.25) is 9.59 Å². The molecule has 2 N–H and O–H groups in total. The summed E-state index contributed by atoms with van der Waals surface area (Å²) in [7, 11) is 0. The Bertz CT molecular complexity index is 1070. The van der Waals surface area contributed by atoms with Gasteiger partial charge in [-0.1, -0.05) is 23.7 Å². The van der Waals surface area contributed by atoms with Crippen molar-refractivity contribution in [2.75, 3.05) is 11.9 Å². The number of para-hydroxylation sites is 1. The molecule has 0 fully saturated rings. The van der Waals surface area contributed by atoms with Crippen molar-refractivity contribution in [2.45, 2.75) is 0 Å². The second-order valence-electron chi connectivity index (χ2n) is 5.92. The Morgan fingerprint density at radius 1 is 1.10 bits per heavy atom. The molecule has 1 heterocycles. The van der Waals surface area contributed by atoms with Crippen LogP contribution in [-0.4, -0.2) is 29.6 Å². The van der Waals surface area contributed by atoms with E-state index in [2.05, 4.69) is 20.8 Å². The van der Waals surface area contributed by atoms with E-state index in [4.69, 9.17) is 16.3 Å². The van der Waals surface area contributed by atoms with Gasteiger partial charge in [0.25, 0.3) is 11.8 Å². The Labute approximate surface area is 176 Å². The van der Waals surface area contributed by atoms with E-state index in [1.165, 1.54) is 42.7 Å². The number of carbonyl (C=O) groups is 2. The summed E-state index contributed by atoms with van der Waals surface area (Å²) in [4.78, 5) is 28.0. The minimum Gasteiger partial charge on any atom is -0.483 e. The lowest BCUT2D eigenvalue weighted by Crippen LogP contribution is -2.20. The Balaban J connectivity index is 1.58. The summed E-state index contributed by atoms with van der Waals surface area (Å²) in [5, 5.41) is 6.57. The molecule has 1 aromatic heterocycles. The molecule has 0 aliphatic rings. The third-order valence-electron chi connectivity index (χ3n) is 3.78. The van der Waals surface area contributed by atoms with E-state index in [9.17, 15) is 14.0 Å². The SMILES string of the molecule is O=C(COc1ccccc1C=NNC(=O)c1cccnc1Cl)Nc1ccc(F)cc1. The summed E-state index contributed by atoms with van der Waals surface area (Å²) in [6.45, 7) is -0.264. The number of halogens is 2. The van der Waals surface area contributed by atoms with Crippen LogP contribution in [0.4, 0.5) is 10.1 Å². The highest BCUT2D eigenvalue weighted by molar-refractivity contribution is 6.32. The van der Waals surface area contributed by atoms with Crippen molar-refractivity contribution in [1.29, 1.82) is 0 Å². The molecule has 3 rings (SSSR count). The van der Waals surface area contributed by atoms with Crippen LogP contribution in [0.5, 0.6) is 5.75 Å². The van der Waals surface area contributed by atoms with Crippen LogP contribution in [0.25, 0.3) is 0 Å². The number of hydrazone groups is 1. The van der Waals surface area contributed by atoms with Crippen LogP contribution in [0, 0.1) is 5.82 Å². The van der Waals surface area contributed by atoms with Crippen LogP contribution in [0.1, 0.15) is 15.9 Å². The number of nitrogens with zero attached hydrogens (tertiary/aromatic N) is 2. The Morgan fingerprint density at radius 2 is 1.87 bits per heavy atom. The minimum atomic E-state index is -0.513. The molecule has 2 aromatic carbocycles. The highest BCUT2D eigenvalue weighted by Gasteiger charge is 2.10. The lowest BCUT2D eigenvalue weighted by Gasteiger charge is -2.09. The molecule has 0 aliphatic carbocycles. The van der Waals surface area contributed by atoms with Crippen LogP contribution in [0.3, 0.4) is 0 Å². The van der Waals surface area contributed by atoms with Crippen LogP contribution in [-0.2, 0) is 4.79 Å². The fraction of sp³-hybridized carbons (Fsp3) is 0.0476. The van der Waals surface area contributed by atoms with Gasteiger partial charge in [-0.25, -0.2) is 14.8 Å². The van der Waals surface area contributed by atoms with Crippen molar-refractivity contribution < 1.29 is 18.7 Å². The second-order valence-corrected chi connectivity index (χ2v) is 6.28. The number of ether oxygens (including phenoxy) is 1. The van der Waals surface area contributed by atoms with Crippen LogP contribution < -0.4 is 15.5 Å². The van der Waals surface area contributed by atoms with Crippen molar-refractivity contribution in [1.82, 2.24) is 10.4 Å². The molecule has 0 atom stereocenters. The van der Waals surface area contributed by atoms with E-state index in [1.807, 2.05) is 0 Å². The molecule has 2 amide bonds. The first-order valence-electron chi connectivity index (χ1n) is 8.74. The normalized spacial score (nSPS) is 10.6. The maximum absolute atomic E-state index is 12.9. The van der Waals surface area contributed by atoms with E-state index in [0.29, 0.717) is 17.0 Å². The maximum Gasteiger partial charge on any atom is 0.274 e. The molecule has 0 aliphatic heterocycles. The molecule has 9 heteroatoms. The zero-order chi connectivity index (χ0) is 21.3. The Morgan fingerprint density at radius 3 is 2.63 bits per heavy atom. The first kappa shape index (κ1) is 20.9. The lowest BCUT2D eigenvalue weighted by molar-refractivity contribution is -0.118. The number of benzene rings is 2. The number of anilines is 1. The number of hydrogen-bond acceptors (Lipinski definition) is 5. The quantitative estimate of drug-likeness (QED) is 0.342. The van der Waals surface area contributed by atoms with Gasteiger partial charge >= 0.3 is 0 Å². The highest BCUT2D eigenvalue weighted by atomic mass is 35.5. The van der Waals surface area contributed by atoms with Gasteiger partial charge in [0, 0.05) is 17.4 Å². The van der Waals surface area contributed by atoms with Gasteiger partial charge in [0.05, 0.1) is 11.8 Å². The van der Waals surface area contributed by atoms with Crippen molar-refractivity contribution in [3.8, 4) is 5.75 Å². The van der Waals surface area contributed by atoms with E-state index < -0.39 is 17.6 Å². The predicted molar refractivity (Wildman–Crippen MR) is 111 cm³/mol. The molecule has 7 nitrogen and oxygen atoms in total. The van der Waals surface area contributed by atoms with E-state index in [1.54, 1.807) is 30.3 Å². The summed E-state index contributed by atoms with van der Waals surface area (Å²) < 4.78 is 18.5. The van der Waals surface area contributed by atoms with Crippen molar-refractivity contribution in [2.24, 2.45) is 5.10 Å². The van der Waals surface area contributed by atoms with Gasteiger partial charge in [-0.15, -0.1) is 0 Å². The third-order valence-corrected chi connectivity index (χ3v) is 4.08. The molecule has 0 unspecified atom stereocenters. The number of carbonyl (C=O) groups excluding carboxylic acids is 2. The van der Waals surface area contributed by atoms with Gasteiger partial charge in [0.2, 0.25) is 0 Å². The average Bonchev–Trinajstić information content (AvgIpc) is 2.75. The zero-order valence-electron chi connectivity index (χ0n) is 15.5. The fourth-order valence-electron chi connectivity index (χ4n) is 2.37. The number of pyridine rings is 1. The summed E-state index contributed by atoms with van der Waals surface area (Å²) >= 11 is 5.88. The minimum absolute atomic E-state index is 0.0705. The fourth-order valence-corrected chi connectivity index (χ4v) is 2.57. The van der Waals surface area contributed by atoms with Gasteiger partial charge in [-0.2, -0.15) is 5.10 Å². The molecule has 3 aromatic rings. The Kier molecular flexibility index (Phi) is 7.07. The largest absolute Gasteiger partial charge is 0.483 e. The molecule has 0 saturated carbocycles. The zero-order valence-corrected chi connectivity index (χ0v) is 16.3. The van der Waals surface area contributed by atoms with Crippen molar-refractivity contribution in [3.63, 3.8) is 0 Å². The number of nitrogens with one attached hydrogen (secondary N) is 2. The van der Waals surface area contributed by atoms with Crippen LogP contribution >= 0.6 is 11.6 Å². The first-order valence-corrected chi connectivity index (χ1v) is 9.12. The van der Waals surface area contributed by atoms with Crippen LogP contribution in [0.15, 0.2) is 72.0 Å². The smallest absolute Gasteiger partial charge is 0.274 e. The molecule has 30 heavy (non-hydrogen) atoms. The van der Waals surface area contributed by atoms with Crippen LogP contribution in [0.2, 0.25) is 5.15 Å². The topological polar surface area (TPSA) is 92.7 Å². The van der Waals surface area contributed by atoms with E-state index in [0.717, 1.165) is 0 Å². The average molecular weight is 427 g/mol. The molecule has 0 saturated heterocycles. The monoisotopic (exact) mass is 426 g/mol. The molecular weight excluding hydrogens is 411 g/mol. The maximum atomic E-state index is 12.9. The number of hydrogen-bond donors (Lipinski definition) is 2. The summed E-state index contributed by atoms with van der Waals surface area (Å²) in [6.07, 6.45) is 2.86. The Hall–Kier alpha value is -3.78. The predicted octanol–water partition coefficient (Wildman–Crippen LogP) is 3.66. The summed E-state index contributed by atoms with van der Waals surface area (Å²) in [5.41, 5.74) is 3.55. The molecule has 152 valence electrons. The lowest BCUT2D eigenvalue weighted by atomic mass is 10.2. The van der Waals surface area contributed by atoms with E-state index in [-0.39, 0.29) is 17.3 Å². The first-order chi connectivity index (χ1) is 14.5. The van der Waals surface area contributed by atoms with Gasteiger partial charge in [-0.05, 0) is 48.5 Å². The second kappa shape index (κ2) is 10.1. The van der Waals surface area contributed by atoms with Gasteiger partial charge in [0.1, 0.15) is 16.7 Å².